The maximum Gasteiger partial charge on any atom is 0.321 e. The summed E-state index contributed by atoms with van der Waals surface area (Å²) in [5, 5.41) is 11.4. The molecule has 1 aliphatic heterocycles. The molecule has 0 spiro atoms. The van der Waals surface area contributed by atoms with Crippen LogP contribution in [0.5, 0.6) is 0 Å². The molecule has 1 aliphatic rings. The molecule has 11 nitrogen and oxygen atoms in total. The highest BCUT2D eigenvalue weighted by molar-refractivity contribution is 7.89. The first kappa shape index (κ1) is 27.0. The van der Waals surface area contributed by atoms with Crippen LogP contribution in [0.2, 0.25) is 0 Å². The molecule has 0 saturated carbocycles. The van der Waals surface area contributed by atoms with Gasteiger partial charge in [0.05, 0.1) is 21.4 Å². The molecule has 0 bridgehead atoms. The number of carbonyl (C=O) groups is 3. The van der Waals surface area contributed by atoms with Gasteiger partial charge < -0.3 is 4.74 Å². The van der Waals surface area contributed by atoms with Crippen LogP contribution in [0.1, 0.15) is 54.0 Å². The monoisotopic (exact) mass is 517 g/mol. The van der Waals surface area contributed by atoms with Gasteiger partial charge in [0.1, 0.15) is 17.7 Å². The van der Waals surface area contributed by atoms with Gasteiger partial charge in [-0.2, -0.15) is 4.31 Å². The lowest BCUT2D eigenvalue weighted by atomic mass is 10.1. The largest absolute Gasteiger partial charge is 0.459 e. The summed E-state index contributed by atoms with van der Waals surface area (Å²) in [6.45, 7) is 7.03. The first-order valence-electron chi connectivity index (χ1n) is 11.1. The van der Waals surface area contributed by atoms with E-state index in [1.54, 1.807) is 39.8 Å². The molecule has 0 saturated heterocycles. The van der Waals surface area contributed by atoms with Gasteiger partial charge in [-0.3, -0.25) is 29.4 Å². The number of nitro benzene ring substituents is 1. The van der Waals surface area contributed by atoms with Crippen LogP contribution in [-0.4, -0.2) is 65.1 Å². The van der Waals surface area contributed by atoms with Gasteiger partial charge >= 0.3 is 5.97 Å². The van der Waals surface area contributed by atoms with Crippen LogP contribution in [0.15, 0.2) is 47.4 Å². The van der Waals surface area contributed by atoms with Crippen molar-refractivity contribution in [2.45, 2.75) is 51.2 Å². The lowest BCUT2D eigenvalue weighted by Gasteiger charge is -2.30. The average molecular weight is 518 g/mol. The van der Waals surface area contributed by atoms with Crippen LogP contribution in [0, 0.1) is 17.0 Å². The van der Waals surface area contributed by atoms with Crippen LogP contribution in [0.4, 0.5) is 5.69 Å². The number of sulfonamides is 1. The van der Waals surface area contributed by atoms with E-state index in [1.807, 2.05) is 0 Å². The van der Waals surface area contributed by atoms with Crippen molar-refractivity contribution in [3.63, 3.8) is 0 Å². The van der Waals surface area contributed by atoms with Gasteiger partial charge in [0.2, 0.25) is 10.0 Å². The highest BCUT2D eigenvalue weighted by Crippen LogP contribution is 2.32. The maximum atomic E-state index is 13.5. The number of hydrogen-bond donors (Lipinski definition) is 0. The molecule has 2 aromatic rings. The smallest absolute Gasteiger partial charge is 0.321 e. The van der Waals surface area contributed by atoms with E-state index in [4.69, 9.17) is 4.74 Å². The lowest BCUT2D eigenvalue weighted by molar-refractivity contribution is -0.385. The number of benzene rings is 2. The Hall–Kier alpha value is -3.64. The number of rotatable bonds is 8. The Morgan fingerprint density at radius 2 is 1.72 bits per heavy atom. The Balaban J connectivity index is 1.96. The van der Waals surface area contributed by atoms with Crippen molar-refractivity contribution in [2.24, 2.45) is 0 Å². The number of amides is 2. The third-order valence-corrected chi connectivity index (χ3v) is 7.24. The van der Waals surface area contributed by atoms with E-state index in [-0.39, 0.29) is 16.0 Å². The summed E-state index contributed by atoms with van der Waals surface area (Å²) in [6, 6.07) is 8.65. The number of ether oxygens (including phenoxy) is 1. The molecule has 0 aromatic heterocycles. The number of imide groups is 1. The SMILES string of the molecule is Cc1ccc(S(=O)(=O)N(CC(=O)OC(C)(C)C)C[C@H](C)N2C(=O)c3cccc([N+](=O)[O-])c3C2=O)cc1. The molecule has 1 atom stereocenters. The van der Waals surface area contributed by atoms with E-state index in [2.05, 4.69) is 0 Å². The molecule has 1 heterocycles. The second-order valence-corrected chi connectivity index (χ2v) is 11.4. The van der Waals surface area contributed by atoms with E-state index in [0.717, 1.165) is 20.8 Å². The number of aryl methyl sites for hydroxylation is 1. The maximum absolute atomic E-state index is 13.5. The third-order valence-electron chi connectivity index (χ3n) is 5.41. The molecule has 0 aliphatic carbocycles. The van der Waals surface area contributed by atoms with Gasteiger partial charge in [0.25, 0.3) is 17.5 Å². The van der Waals surface area contributed by atoms with Crippen molar-refractivity contribution in [1.29, 1.82) is 0 Å². The number of fused-ring (bicyclic) bond motifs is 1. The third kappa shape index (κ3) is 5.44. The molecule has 0 fully saturated rings. The van der Waals surface area contributed by atoms with E-state index in [0.29, 0.717) is 0 Å². The van der Waals surface area contributed by atoms with Gasteiger partial charge in [-0.1, -0.05) is 23.8 Å². The fourth-order valence-corrected chi connectivity index (χ4v) is 5.30. The Morgan fingerprint density at radius 3 is 2.28 bits per heavy atom. The molecule has 2 aromatic carbocycles. The number of esters is 1. The standard InChI is InChI=1S/C24H27N3O8S/c1-15-9-11-17(12-10-15)36(33,34)25(14-20(28)35-24(3,4)5)13-16(2)26-22(29)18-7-6-8-19(27(31)32)21(18)23(26)30/h6-12,16H,13-14H2,1-5H3/t16-/m0/s1. The first-order chi connectivity index (χ1) is 16.6. The number of nitro groups is 1. The van der Waals surface area contributed by atoms with E-state index < -0.39 is 63.2 Å². The second kappa shape index (κ2) is 9.78. The molecule has 36 heavy (non-hydrogen) atoms. The molecule has 0 unspecified atom stereocenters. The predicted molar refractivity (Wildman–Crippen MR) is 129 cm³/mol. The van der Waals surface area contributed by atoms with Gasteiger partial charge in [-0.05, 0) is 52.8 Å². The van der Waals surface area contributed by atoms with E-state index >= 15 is 0 Å². The number of nitrogens with zero attached hydrogens (tertiary/aromatic N) is 3. The Bertz CT molecular complexity index is 1330. The fraction of sp³-hybridized carbons (Fsp3) is 0.375. The summed E-state index contributed by atoms with van der Waals surface area (Å²) in [6.07, 6.45) is 0. The quantitative estimate of drug-likeness (QED) is 0.225. The Kier molecular flexibility index (Phi) is 7.32. The topological polar surface area (TPSA) is 144 Å². The highest BCUT2D eigenvalue weighted by Gasteiger charge is 2.44. The summed E-state index contributed by atoms with van der Waals surface area (Å²) < 4.78 is 33.1. The summed E-state index contributed by atoms with van der Waals surface area (Å²) in [4.78, 5) is 50.0. The molecule has 0 radical (unpaired) electrons. The normalized spacial score (nSPS) is 14.7. The summed E-state index contributed by atoms with van der Waals surface area (Å²) in [7, 11) is -4.24. The zero-order valence-corrected chi connectivity index (χ0v) is 21.4. The van der Waals surface area contributed by atoms with Crippen molar-refractivity contribution in [1.82, 2.24) is 9.21 Å². The zero-order valence-electron chi connectivity index (χ0n) is 20.5. The van der Waals surface area contributed by atoms with E-state index in [1.165, 1.54) is 31.2 Å². The molecule has 192 valence electrons. The molecular formula is C24H27N3O8S. The summed E-state index contributed by atoms with van der Waals surface area (Å²) in [5.74, 6) is -2.50. The molecule has 12 heteroatoms. The molecule has 3 rings (SSSR count). The second-order valence-electron chi connectivity index (χ2n) is 9.48. The van der Waals surface area contributed by atoms with Crippen molar-refractivity contribution in [2.75, 3.05) is 13.1 Å². The minimum atomic E-state index is -4.24. The van der Waals surface area contributed by atoms with Crippen LogP contribution in [-0.2, 0) is 19.6 Å². The predicted octanol–water partition coefficient (Wildman–Crippen LogP) is 2.92. The molecule has 0 N–H and O–H groups in total. The van der Waals surface area contributed by atoms with Crippen LogP contribution < -0.4 is 0 Å². The molecular weight excluding hydrogens is 490 g/mol. The van der Waals surface area contributed by atoms with Crippen molar-refractivity contribution in [3.05, 3.63) is 69.3 Å². The van der Waals surface area contributed by atoms with Crippen molar-refractivity contribution in [3.8, 4) is 0 Å². The Morgan fingerprint density at radius 1 is 1.11 bits per heavy atom. The van der Waals surface area contributed by atoms with Crippen molar-refractivity contribution < 1.29 is 32.5 Å². The lowest BCUT2D eigenvalue weighted by Crippen LogP contribution is -2.48. The van der Waals surface area contributed by atoms with Crippen molar-refractivity contribution >= 4 is 33.5 Å². The van der Waals surface area contributed by atoms with Crippen LogP contribution >= 0.6 is 0 Å². The minimum Gasteiger partial charge on any atom is -0.459 e. The first-order valence-corrected chi connectivity index (χ1v) is 12.5. The van der Waals surface area contributed by atoms with Gasteiger partial charge in [-0.25, -0.2) is 8.42 Å². The number of hydrogen-bond acceptors (Lipinski definition) is 8. The van der Waals surface area contributed by atoms with E-state index in [9.17, 15) is 32.9 Å². The summed E-state index contributed by atoms with van der Waals surface area (Å²) >= 11 is 0. The average Bonchev–Trinajstić information content (AvgIpc) is 3.02. The fourth-order valence-electron chi connectivity index (χ4n) is 3.84. The minimum absolute atomic E-state index is 0.0816. The van der Waals surface area contributed by atoms with Crippen LogP contribution in [0.25, 0.3) is 0 Å². The van der Waals surface area contributed by atoms with Crippen LogP contribution in [0.3, 0.4) is 0 Å². The van der Waals surface area contributed by atoms with Gasteiger partial charge in [-0.15, -0.1) is 0 Å². The Labute approximate surface area is 208 Å². The van der Waals surface area contributed by atoms with Gasteiger partial charge in [0.15, 0.2) is 0 Å². The van der Waals surface area contributed by atoms with Gasteiger partial charge in [0, 0.05) is 12.6 Å². The molecule has 2 amide bonds. The zero-order chi connectivity index (χ0) is 27.0. The number of carbonyl (C=O) groups excluding carboxylic acids is 3. The summed E-state index contributed by atoms with van der Waals surface area (Å²) in [5.41, 5.74) is -1.05. The highest BCUT2D eigenvalue weighted by atomic mass is 32.2.